The molecule has 3 rings (SSSR count). The number of amides is 1. The van der Waals surface area contributed by atoms with Gasteiger partial charge in [-0.25, -0.2) is 5.43 Å². The van der Waals surface area contributed by atoms with Gasteiger partial charge in [-0.1, -0.05) is 60.1 Å². The quantitative estimate of drug-likeness (QED) is 0.557. The topological polar surface area (TPSA) is 41.5 Å². The summed E-state index contributed by atoms with van der Waals surface area (Å²) in [5, 5.41) is 6.68. The first-order valence-corrected chi connectivity index (χ1v) is 7.60. The third-order valence-corrected chi connectivity index (χ3v) is 3.88. The highest BCUT2D eigenvalue weighted by Crippen LogP contribution is 2.18. The number of nitrogens with one attached hydrogen (secondary N) is 1. The summed E-state index contributed by atoms with van der Waals surface area (Å²) in [4.78, 5) is 12.1. The van der Waals surface area contributed by atoms with Gasteiger partial charge in [0.05, 0.1) is 16.8 Å². The summed E-state index contributed by atoms with van der Waals surface area (Å²) in [6.07, 6.45) is 1.64. The van der Waals surface area contributed by atoms with E-state index in [-0.39, 0.29) is 5.91 Å². The van der Waals surface area contributed by atoms with Crippen LogP contribution in [0.25, 0.3) is 10.8 Å². The maximum atomic E-state index is 12.1. The maximum Gasteiger partial charge on any atom is 0.272 e. The van der Waals surface area contributed by atoms with Crippen molar-refractivity contribution >= 4 is 34.5 Å². The Bertz CT molecular complexity index is 898. The molecule has 0 radical (unpaired) electrons. The Labute approximate surface area is 139 Å². The lowest BCUT2D eigenvalue weighted by Crippen LogP contribution is -2.18. The van der Waals surface area contributed by atoms with Gasteiger partial charge in [0.15, 0.2) is 0 Å². The average molecular weight is 323 g/mol. The number of rotatable bonds is 3. The predicted octanol–water partition coefficient (Wildman–Crippen LogP) is 4.57. The minimum absolute atomic E-state index is 0.327. The van der Waals surface area contributed by atoms with Gasteiger partial charge in [0.1, 0.15) is 0 Å². The monoisotopic (exact) mass is 322 g/mol. The summed E-state index contributed by atoms with van der Waals surface area (Å²) >= 11 is 6.09. The zero-order valence-corrected chi connectivity index (χ0v) is 13.3. The summed E-state index contributed by atoms with van der Waals surface area (Å²) in [7, 11) is 0. The second-order valence-electron chi connectivity index (χ2n) is 5.25. The van der Waals surface area contributed by atoms with Gasteiger partial charge in [0.2, 0.25) is 0 Å². The summed E-state index contributed by atoms with van der Waals surface area (Å²) in [5.41, 5.74) is 4.88. The number of carbonyl (C=O) groups is 1. The molecule has 0 aliphatic carbocycles. The van der Waals surface area contributed by atoms with E-state index in [9.17, 15) is 4.79 Å². The van der Waals surface area contributed by atoms with Crippen LogP contribution in [0.4, 0.5) is 0 Å². The Hall–Kier alpha value is -2.65. The Morgan fingerprint density at radius 3 is 2.70 bits per heavy atom. The van der Waals surface area contributed by atoms with Crippen molar-refractivity contribution in [1.82, 2.24) is 5.43 Å². The zero-order chi connectivity index (χ0) is 16.2. The summed E-state index contributed by atoms with van der Waals surface area (Å²) in [5.74, 6) is -0.327. The maximum absolute atomic E-state index is 12.1. The van der Waals surface area contributed by atoms with Gasteiger partial charge in [-0.2, -0.15) is 5.10 Å². The van der Waals surface area contributed by atoms with Gasteiger partial charge in [-0.05, 0) is 35.4 Å². The molecular weight excluding hydrogens is 308 g/mol. The number of aryl methyl sites for hydroxylation is 1. The molecule has 0 unspecified atom stereocenters. The van der Waals surface area contributed by atoms with Crippen molar-refractivity contribution in [3.05, 3.63) is 82.4 Å². The first-order chi connectivity index (χ1) is 11.1. The summed E-state index contributed by atoms with van der Waals surface area (Å²) in [6.45, 7) is 1.92. The first-order valence-electron chi connectivity index (χ1n) is 7.22. The van der Waals surface area contributed by atoms with Gasteiger partial charge in [0, 0.05) is 5.56 Å². The molecule has 3 nitrogen and oxygen atoms in total. The SMILES string of the molecule is Cc1ccc(C(=O)N/N=C/c2cccc3ccccc23)c(Cl)c1. The number of benzene rings is 3. The Balaban J connectivity index is 1.79. The van der Waals surface area contributed by atoms with E-state index in [1.807, 2.05) is 55.5 Å². The lowest BCUT2D eigenvalue weighted by atomic mass is 10.1. The van der Waals surface area contributed by atoms with Crippen molar-refractivity contribution in [2.24, 2.45) is 5.10 Å². The second kappa shape index (κ2) is 6.63. The molecule has 23 heavy (non-hydrogen) atoms. The Kier molecular flexibility index (Phi) is 4.40. The molecule has 0 fully saturated rings. The van der Waals surface area contributed by atoms with Crippen LogP contribution in [0.2, 0.25) is 5.02 Å². The molecule has 0 aromatic heterocycles. The average Bonchev–Trinajstić information content (AvgIpc) is 2.55. The molecule has 0 saturated heterocycles. The molecule has 0 aliphatic heterocycles. The number of halogens is 1. The second-order valence-corrected chi connectivity index (χ2v) is 5.66. The normalized spacial score (nSPS) is 11.0. The number of hydrazone groups is 1. The van der Waals surface area contributed by atoms with Crippen LogP contribution in [0, 0.1) is 6.92 Å². The molecule has 1 amide bonds. The highest BCUT2D eigenvalue weighted by Gasteiger charge is 2.09. The van der Waals surface area contributed by atoms with E-state index in [2.05, 4.69) is 10.5 Å². The fourth-order valence-electron chi connectivity index (χ4n) is 2.39. The highest BCUT2D eigenvalue weighted by molar-refractivity contribution is 6.33. The van der Waals surface area contributed by atoms with Crippen molar-refractivity contribution < 1.29 is 4.79 Å². The van der Waals surface area contributed by atoms with Crippen molar-refractivity contribution in [2.75, 3.05) is 0 Å². The van der Waals surface area contributed by atoms with Gasteiger partial charge >= 0.3 is 0 Å². The van der Waals surface area contributed by atoms with E-state index in [1.54, 1.807) is 18.3 Å². The van der Waals surface area contributed by atoms with Crippen molar-refractivity contribution in [3.63, 3.8) is 0 Å². The zero-order valence-electron chi connectivity index (χ0n) is 12.6. The molecule has 3 aromatic rings. The minimum Gasteiger partial charge on any atom is -0.267 e. The third-order valence-electron chi connectivity index (χ3n) is 3.56. The minimum atomic E-state index is -0.327. The third kappa shape index (κ3) is 3.41. The van der Waals surface area contributed by atoms with Crippen molar-refractivity contribution in [2.45, 2.75) is 6.92 Å². The summed E-state index contributed by atoms with van der Waals surface area (Å²) < 4.78 is 0. The Morgan fingerprint density at radius 1 is 1.09 bits per heavy atom. The molecular formula is C19H15ClN2O. The molecule has 0 atom stereocenters. The molecule has 0 heterocycles. The lowest BCUT2D eigenvalue weighted by molar-refractivity contribution is 0.0955. The molecule has 0 bridgehead atoms. The predicted molar refractivity (Wildman–Crippen MR) is 95.2 cm³/mol. The summed E-state index contributed by atoms with van der Waals surface area (Å²) in [6, 6.07) is 19.3. The molecule has 4 heteroatoms. The van der Waals surface area contributed by atoms with Crippen LogP contribution in [0.1, 0.15) is 21.5 Å². The van der Waals surface area contributed by atoms with Crippen LogP contribution < -0.4 is 5.43 Å². The van der Waals surface area contributed by atoms with E-state index in [4.69, 9.17) is 11.6 Å². The lowest BCUT2D eigenvalue weighted by Gasteiger charge is -2.04. The van der Waals surface area contributed by atoms with Gasteiger partial charge in [0.25, 0.3) is 5.91 Å². The number of hydrogen-bond acceptors (Lipinski definition) is 2. The number of fused-ring (bicyclic) bond motifs is 1. The molecule has 0 saturated carbocycles. The Morgan fingerprint density at radius 2 is 1.87 bits per heavy atom. The van der Waals surface area contributed by atoms with Crippen LogP contribution in [0.3, 0.4) is 0 Å². The van der Waals surface area contributed by atoms with E-state index in [1.165, 1.54) is 0 Å². The van der Waals surface area contributed by atoms with Gasteiger partial charge < -0.3 is 0 Å². The van der Waals surface area contributed by atoms with E-state index in [0.29, 0.717) is 10.6 Å². The van der Waals surface area contributed by atoms with Gasteiger partial charge in [-0.3, -0.25) is 4.79 Å². The van der Waals surface area contributed by atoms with E-state index < -0.39 is 0 Å². The van der Waals surface area contributed by atoms with Crippen molar-refractivity contribution in [3.8, 4) is 0 Å². The smallest absolute Gasteiger partial charge is 0.267 e. The van der Waals surface area contributed by atoms with Gasteiger partial charge in [-0.15, -0.1) is 0 Å². The fourth-order valence-corrected chi connectivity index (χ4v) is 2.71. The number of nitrogens with zero attached hydrogens (tertiary/aromatic N) is 1. The van der Waals surface area contributed by atoms with Crippen LogP contribution in [0.5, 0.6) is 0 Å². The fraction of sp³-hybridized carbons (Fsp3) is 0.0526. The van der Waals surface area contributed by atoms with Crippen LogP contribution in [0.15, 0.2) is 65.8 Å². The molecule has 0 aliphatic rings. The number of hydrogen-bond donors (Lipinski definition) is 1. The molecule has 3 aromatic carbocycles. The largest absolute Gasteiger partial charge is 0.272 e. The molecule has 114 valence electrons. The number of carbonyl (C=O) groups excluding carboxylic acids is 1. The van der Waals surface area contributed by atoms with E-state index >= 15 is 0 Å². The highest BCUT2D eigenvalue weighted by atomic mass is 35.5. The van der Waals surface area contributed by atoms with Crippen LogP contribution in [-0.2, 0) is 0 Å². The standard InChI is InChI=1S/C19H15ClN2O/c1-13-9-10-17(18(20)11-13)19(23)22-21-12-15-7-4-6-14-5-2-3-8-16(14)15/h2-12H,1H3,(H,22,23)/b21-12+. The van der Waals surface area contributed by atoms with Crippen molar-refractivity contribution in [1.29, 1.82) is 0 Å². The first kappa shape index (κ1) is 15.3. The molecule has 1 N–H and O–H groups in total. The van der Waals surface area contributed by atoms with E-state index in [0.717, 1.165) is 21.9 Å². The van der Waals surface area contributed by atoms with Crippen LogP contribution in [-0.4, -0.2) is 12.1 Å². The molecule has 0 spiro atoms. The van der Waals surface area contributed by atoms with Crippen LogP contribution >= 0.6 is 11.6 Å².